The monoisotopic (exact) mass is 356 g/mol. The lowest BCUT2D eigenvalue weighted by atomic mass is 10.1. The third kappa shape index (κ3) is 6.78. The molecule has 0 spiro atoms. The molecular formula is C17H28N2O4S. The first-order chi connectivity index (χ1) is 11.3. The van der Waals surface area contributed by atoms with Gasteiger partial charge >= 0.3 is 6.03 Å². The largest absolute Gasteiger partial charge is 0.494 e. The maximum atomic E-state index is 12.3. The van der Waals surface area contributed by atoms with Gasteiger partial charge in [-0.2, -0.15) is 0 Å². The van der Waals surface area contributed by atoms with Crippen molar-refractivity contribution in [3.63, 3.8) is 0 Å². The maximum Gasteiger partial charge on any atom is 0.328 e. The molecule has 0 aliphatic rings. The fourth-order valence-electron chi connectivity index (χ4n) is 2.02. The summed E-state index contributed by atoms with van der Waals surface area (Å²) in [5.41, 5.74) is 0.533. The molecule has 1 aromatic rings. The van der Waals surface area contributed by atoms with Crippen molar-refractivity contribution < 1.29 is 17.9 Å². The van der Waals surface area contributed by atoms with Crippen LogP contribution in [0.15, 0.2) is 23.1 Å². The van der Waals surface area contributed by atoms with Gasteiger partial charge in [-0.1, -0.05) is 27.2 Å². The lowest BCUT2D eigenvalue weighted by molar-refractivity contribution is 0.245. The van der Waals surface area contributed by atoms with Crippen molar-refractivity contribution in [1.82, 2.24) is 10.0 Å². The second-order valence-electron chi connectivity index (χ2n) is 6.17. The SMILES string of the molecule is CCCCNC(=O)NS(=O)(=O)c1ccc(OCCC(C)C)cc1C. The molecule has 0 fully saturated rings. The summed E-state index contributed by atoms with van der Waals surface area (Å²) in [6.07, 6.45) is 2.65. The number of aryl methyl sites for hydroxylation is 1. The predicted octanol–water partition coefficient (Wildman–Crippen LogP) is 3.21. The van der Waals surface area contributed by atoms with Crippen molar-refractivity contribution in [3.8, 4) is 5.75 Å². The van der Waals surface area contributed by atoms with Crippen LogP contribution in [0.25, 0.3) is 0 Å². The first-order valence-corrected chi connectivity index (χ1v) is 9.78. The molecule has 24 heavy (non-hydrogen) atoms. The van der Waals surface area contributed by atoms with Crippen LogP contribution in [0.3, 0.4) is 0 Å². The van der Waals surface area contributed by atoms with Crippen LogP contribution in [0.2, 0.25) is 0 Å². The summed E-state index contributed by atoms with van der Waals surface area (Å²) in [5, 5.41) is 2.52. The van der Waals surface area contributed by atoms with Gasteiger partial charge in [-0.05, 0) is 49.4 Å². The molecule has 0 unspecified atom stereocenters. The van der Waals surface area contributed by atoms with Crippen LogP contribution in [0, 0.1) is 12.8 Å². The Labute approximate surface area is 145 Å². The van der Waals surface area contributed by atoms with Crippen molar-refractivity contribution in [2.45, 2.75) is 51.9 Å². The number of nitrogens with one attached hydrogen (secondary N) is 2. The number of rotatable bonds is 9. The molecule has 0 bridgehead atoms. The molecule has 0 atom stereocenters. The maximum absolute atomic E-state index is 12.3. The van der Waals surface area contributed by atoms with E-state index in [1.165, 1.54) is 6.07 Å². The van der Waals surface area contributed by atoms with E-state index < -0.39 is 16.1 Å². The molecule has 0 heterocycles. The van der Waals surface area contributed by atoms with Gasteiger partial charge in [0.25, 0.3) is 10.0 Å². The normalized spacial score (nSPS) is 11.4. The minimum Gasteiger partial charge on any atom is -0.494 e. The summed E-state index contributed by atoms with van der Waals surface area (Å²) >= 11 is 0. The highest BCUT2D eigenvalue weighted by Crippen LogP contribution is 2.21. The van der Waals surface area contributed by atoms with E-state index in [2.05, 4.69) is 19.2 Å². The zero-order chi connectivity index (χ0) is 18.2. The van der Waals surface area contributed by atoms with Crippen LogP contribution in [0.4, 0.5) is 4.79 Å². The van der Waals surface area contributed by atoms with E-state index in [0.717, 1.165) is 19.3 Å². The van der Waals surface area contributed by atoms with Crippen molar-refractivity contribution in [2.75, 3.05) is 13.2 Å². The van der Waals surface area contributed by atoms with Crippen molar-refractivity contribution >= 4 is 16.1 Å². The number of benzene rings is 1. The Balaban J connectivity index is 2.72. The lowest BCUT2D eigenvalue weighted by Crippen LogP contribution is -2.39. The van der Waals surface area contributed by atoms with Gasteiger partial charge in [0.15, 0.2) is 0 Å². The average Bonchev–Trinajstić information content (AvgIpc) is 2.46. The van der Waals surface area contributed by atoms with Gasteiger partial charge in [-0.15, -0.1) is 0 Å². The van der Waals surface area contributed by atoms with Crippen LogP contribution in [0.1, 0.15) is 45.6 Å². The quantitative estimate of drug-likeness (QED) is 0.666. The Morgan fingerprint density at radius 2 is 2.00 bits per heavy atom. The third-order valence-corrected chi connectivity index (χ3v) is 4.93. The number of carbonyl (C=O) groups excluding carboxylic acids is 1. The number of ether oxygens (including phenoxy) is 1. The van der Waals surface area contributed by atoms with Gasteiger partial charge in [-0.25, -0.2) is 17.9 Å². The second kappa shape index (κ2) is 9.52. The van der Waals surface area contributed by atoms with Crippen LogP contribution in [0.5, 0.6) is 5.75 Å². The Bertz CT molecular complexity index is 642. The zero-order valence-electron chi connectivity index (χ0n) is 14.9. The highest BCUT2D eigenvalue weighted by molar-refractivity contribution is 7.90. The van der Waals surface area contributed by atoms with Crippen LogP contribution >= 0.6 is 0 Å². The van der Waals surface area contributed by atoms with Gasteiger partial charge < -0.3 is 10.1 Å². The summed E-state index contributed by atoms with van der Waals surface area (Å²) in [5.74, 6) is 1.17. The fraction of sp³-hybridized carbons (Fsp3) is 0.588. The molecule has 2 amide bonds. The third-order valence-electron chi connectivity index (χ3n) is 3.44. The fourth-order valence-corrected chi connectivity index (χ4v) is 3.17. The molecule has 6 nitrogen and oxygen atoms in total. The number of urea groups is 1. The van der Waals surface area contributed by atoms with E-state index >= 15 is 0 Å². The van der Waals surface area contributed by atoms with E-state index in [0.29, 0.717) is 30.4 Å². The molecular weight excluding hydrogens is 328 g/mol. The van der Waals surface area contributed by atoms with Crippen LogP contribution in [-0.2, 0) is 10.0 Å². The molecule has 0 aliphatic heterocycles. The average molecular weight is 356 g/mol. The number of amides is 2. The molecule has 0 saturated heterocycles. The standard InChI is InChI=1S/C17H28N2O4S/c1-5-6-10-18-17(20)19-24(21,22)16-8-7-15(12-14(16)4)23-11-9-13(2)3/h7-8,12-13H,5-6,9-11H2,1-4H3,(H2,18,19,20). The van der Waals surface area contributed by atoms with Crippen molar-refractivity contribution in [2.24, 2.45) is 5.92 Å². The molecule has 1 rings (SSSR count). The molecule has 0 radical (unpaired) electrons. The summed E-state index contributed by atoms with van der Waals surface area (Å²) in [6.45, 7) is 8.92. The molecule has 2 N–H and O–H groups in total. The highest BCUT2D eigenvalue weighted by atomic mass is 32.2. The first-order valence-electron chi connectivity index (χ1n) is 8.30. The smallest absolute Gasteiger partial charge is 0.328 e. The zero-order valence-corrected chi connectivity index (χ0v) is 15.7. The molecule has 0 aliphatic carbocycles. The highest BCUT2D eigenvalue weighted by Gasteiger charge is 2.20. The van der Waals surface area contributed by atoms with E-state index in [9.17, 15) is 13.2 Å². The van der Waals surface area contributed by atoms with E-state index in [1.54, 1.807) is 19.1 Å². The molecule has 136 valence electrons. The van der Waals surface area contributed by atoms with E-state index in [4.69, 9.17) is 4.74 Å². The Kier molecular flexibility index (Phi) is 8.04. The molecule has 0 aromatic heterocycles. The topological polar surface area (TPSA) is 84.5 Å². The molecule has 1 aromatic carbocycles. The number of hydrogen-bond donors (Lipinski definition) is 2. The Hall–Kier alpha value is -1.76. The van der Waals surface area contributed by atoms with E-state index in [-0.39, 0.29) is 4.90 Å². The minimum atomic E-state index is -3.90. The minimum absolute atomic E-state index is 0.0735. The summed E-state index contributed by atoms with van der Waals surface area (Å²) < 4.78 is 32.2. The first kappa shape index (κ1) is 20.3. The van der Waals surface area contributed by atoms with Gasteiger partial charge in [0.1, 0.15) is 5.75 Å². The second-order valence-corrected chi connectivity index (χ2v) is 7.82. The number of unbranched alkanes of at least 4 members (excludes halogenated alkanes) is 1. The lowest BCUT2D eigenvalue weighted by Gasteiger charge is -2.12. The summed E-state index contributed by atoms with van der Waals surface area (Å²) in [4.78, 5) is 11.7. The van der Waals surface area contributed by atoms with Gasteiger partial charge in [0.05, 0.1) is 11.5 Å². The molecule has 7 heteroatoms. The van der Waals surface area contributed by atoms with Gasteiger partial charge in [0.2, 0.25) is 0 Å². The summed E-state index contributed by atoms with van der Waals surface area (Å²) in [6, 6.07) is 4.03. The number of carbonyl (C=O) groups is 1. The Morgan fingerprint density at radius 1 is 1.29 bits per heavy atom. The van der Waals surface area contributed by atoms with E-state index in [1.807, 2.05) is 11.6 Å². The van der Waals surface area contributed by atoms with Crippen LogP contribution in [-0.4, -0.2) is 27.6 Å². The van der Waals surface area contributed by atoms with Crippen molar-refractivity contribution in [3.05, 3.63) is 23.8 Å². The van der Waals surface area contributed by atoms with Crippen molar-refractivity contribution in [1.29, 1.82) is 0 Å². The predicted molar refractivity (Wildman–Crippen MR) is 94.8 cm³/mol. The van der Waals surface area contributed by atoms with Gasteiger partial charge in [0, 0.05) is 6.54 Å². The summed E-state index contributed by atoms with van der Waals surface area (Å²) in [7, 11) is -3.90. The van der Waals surface area contributed by atoms with Crippen LogP contribution < -0.4 is 14.8 Å². The number of sulfonamides is 1. The number of hydrogen-bond acceptors (Lipinski definition) is 4. The Morgan fingerprint density at radius 3 is 2.58 bits per heavy atom. The van der Waals surface area contributed by atoms with Gasteiger partial charge in [-0.3, -0.25) is 0 Å². The molecule has 0 saturated carbocycles.